The Kier molecular flexibility index (Phi) is 8.95. The molecular weight excluding hydrogens is 530 g/mol. The molecule has 4 fully saturated rings. The van der Waals surface area contributed by atoms with E-state index in [1.54, 1.807) is 17.3 Å². The predicted molar refractivity (Wildman–Crippen MR) is 147 cm³/mol. The number of hydrogen-bond acceptors (Lipinski definition) is 9. The molecule has 0 saturated carbocycles. The molecule has 5 heterocycles. The highest BCUT2D eigenvalue weighted by Gasteiger charge is 2.46. The number of hydrogen-bond donors (Lipinski definition) is 3. The minimum absolute atomic E-state index is 0.0157. The van der Waals surface area contributed by atoms with Gasteiger partial charge in [0.25, 0.3) is 0 Å². The third-order valence-corrected chi connectivity index (χ3v) is 8.35. The molecule has 1 aromatic rings. The van der Waals surface area contributed by atoms with Gasteiger partial charge in [0.2, 0.25) is 17.7 Å². The standard InChI is InChI=1S/C29H43N5O7/c1-29(2,3)12-25(36)34-16-20-15-32(8-9-40-20)28(39)21-10-19(14-33(21)13-18-4-6-30-7-5-18)31-24(35)11-22-26(37)27(38)23(17-34)41-22/h4-7,19-23,26-27,37-38H,8-17H2,1-3H3,(H,31,35)/t19-,20-,21-,22-,23+,26-,27+/m0/s1. The number of carbonyl (C=O) groups is 3. The maximum Gasteiger partial charge on any atom is 0.240 e. The highest BCUT2D eigenvalue weighted by atomic mass is 16.5. The summed E-state index contributed by atoms with van der Waals surface area (Å²) in [5, 5.41) is 24.6. The smallest absolute Gasteiger partial charge is 0.240 e. The number of nitrogens with one attached hydrogen (secondary N) is 1. The number of aliphatic hydroxyl groups is 2. The van der Waals surface area contributed by atoms with Gasteiger partial charge in [0.15, 0.2) is 0 Å². The Morgan fingerprint density at radius 2 is 1.80 bits per heavy atom. The molecule has 0 aliphatic carbocycles. The van der Waals surface area contributed by atoms with Gasteiger partial charge in [0, 0.05) is 64.1 Å². The van der Waals surface area contributed by atoms with Crippen LogP contribution in [0.25, 0.3) is 0 Å². The Morgan fingerprint density at radius 1 is 1.07 bits per heavy atom. The lowest BCUT2D eigenvalue weighted by Gasteiger charge is -2.39. The van der Waals surface area contributed by atoms with Gasteiger partial charge in [-0.2, -0.15) is 0 Å². The molecule has 0 radical (unpaired) electrons. The van der Waals surface area contributed by atoms with Crippen LogP contribution < -0.4 is 5.32 Å². The van der Waals surface area contributed by atoms with Gasteiger partial charge in [-0.05, 0) is 29.5 Å². The molecule has 4 aliphatic rings. The van der Waals surface area contributed by atoms with Crippen LogP contribution in [0.15, 0.2) is 24.5 Å². The van der Waals surface area contributed by atoms with E-state index in [0.717, 1.165) is 5.56 Å². The molecule has 0 unspecified atom stereocenters. The van der Waals surface area contributed by atoms with Gasteiger partial charge in [-0.25, -0.2) is 0 Å². The summed E-state index contributed by atoms with van der Waals surface area (Å²) in [6.07, 6.45) is -0.651. The van der Waals surface area contributed by atoms with Crippen molar-refractivity contribution in [3.63, 3.8) is 0 Å². The fourth-order valence-corrected chi connectivity index (χ4v) is 6.32. The zero-order valence-electron chi connectivity index (χ0n) is 24.1. The average molecular weight is 574 g/mol. The van der Waals surface area contributed by atoms with Crippen molar-refractivity contribution in [2.24, 2.45) is 5.41 Å². The summed E-state index contributed by atoms with van der Waals surface area (Å²) >= 11 is 0. The molecule has 4 saturated heterocycles. The van der Waals surface area contributed by atoms with Crippen LogP contribution in [0.4, 0.5) is 0 Å². The number of fused-ring (bicyclic) bond motifs is 6. The van der Waals surface area contributed by atoms with Crippen LogP contribution in [0.3, 0.4) is 0 Å². The highest BCUT2D eigenvalue weighted by molar-refractivity contribution is 5.83. The number of rotatable bonds is 3. The molecule has 41 heavy (non-hydrogen) atoms. The molecule has 226 valence electrons. The number of morpholine rings is 1. The van der Waals surface area contributed by atoms with Crippen LogP contribution in [0, 0.1) is 5.41 Å². The van der Waals surface area contributed by atoms with Crippen molar-refractivity contribution in [3.05, 3.63) is 30.1 Å². The molecular formula is C29H43N5O7. The van der Waals surface area contributed by atoms with Crippen molar-refractivity contribution in [1.29, 1.82) is 0 Å². The van der Waals surface area contributed by atoms with Crippen molar-refractivity contribution >= 4 is 17.7 Å². The summed E-state index contributed by atoms with van der Waals surface area (Å²) in [5.74, 6) is -0.458. The molecule has 0 spiro atoms. The molecule has 12 heteroatoms. The van der Waals surface area contributed by atoms with Gasteiger partial charge >= 0.3 is 0 Å². The first-order chi connectivity index (χ1) is 19.5. The maximum atomic E-state index is 13.9. The molecule has 0 aromatic carbocycles. The van der Waals surface area contributed by atoms with Gasteiger partial charge in [-0.3, -0.25) is 24.3 Å². The third kappa shape index (κ3) is 7.23. The number of aliphatic hydroxyl groups excluding tert-OH is 2. The normalized spacial score (nSPS) is 33.6. The quantitative estimate of drug-likeness (QED) is 0.437. The maximum absolute atomic E-state index is 13.9. The minimum Gasteiger partial charge on any atom is -0.388 e. The number of ether oxygens (including phenoxy) is 2. The molecule has 6 bridgehead atoms. The van der Waals surface area contributed by atoms with Crippen LogP contribution in [-0.2, 0) is 30.4 Å². The van der Waals surface area contributed by atoms with Crippen LogP contribution in [0.2, 0.25) is 0 Å². The van der Waals surface area contributed by atoms with Crippen molar-refractivity contribution in [2.45, 2.75) is 89.2 Å². The summed E-state index contributed by atoms with van der Waals surface area (Å²) in [4.78, 5) is 50.0. The fraction of sp³-hybridized carbons (Fsp3) is 0.724. The van der Waals surface area contributed by atoms with Gasteiger partial charge in [-0.15, -0.1) is 0 Å². The molecule has 4 aliphatic heterocycles. The summed E-state index contributed by atoms with van der Waals surface area (Å²) in [5.41, 5.74) is 0.750. The van der Waals surface area contributed by atoms with Gasteiger partial charge in [0.05, 0.1) is 31.3 Å². The average Bonchev–Trinajstić information content (AvgIpc) is 3.42. The van der Waals surface area contributed by atoms with Crippen LogP contribution in [-0.4, -0.2) is 130 Å². The topological polar surface area (TPSA) is 145 Å². The predicted octanol–water partition coefficient (Wildman–Crippen LogP) is -0.474. The second kappa shape index (κ2) is 12.3. The monoisotopic (exact) mass is 573 g/mol. The lowest BCUT2D eigenvalue weighted by Crippen LogP contribution is -2.55. The zero-order chi connectivity index (χ0) is 29.3. The van der Waals surface area contributed by atoms with Crippen molar-refractivity contribution < 1.29 is 34.1 Å². The minimum atomic E-state index is -1.26. The van der Waals surface area contributed by atoms with E-state index < -0.39 is 36.6 Å². The summed E-state index contributed by atoms with van der Waals surface area (Å²) in [6.45, 7) is 8.34. The number of amides is 3. The number of likely N-dealkylation sites (tertiary alicyclic amines) is 1. The van der Waals surface area contributed by atoms with E-state index >= 15 is 0 Å². The largest absolute Gasteiger partial charge is 0.388 e. The van der Waals surface area contributed by atoms with Gasteiger partial charge in [-0.1, -0.05) is 20.8 Å². The lowest BCUT2D eigenvalue weighted by molar-refractivity contribution is -0.148. The Labute approximate surface area is 241 Å². The number of nitrogens with zero attached hydrogens (tertiary/aromatic N) is 4. The van der Waals surface area contributed by atoms with Crippen LogP contribution in [0.5, 0.6) is 0 Å². The summed E-state index contributed by atoms with van der Waals surface area (Å²) < 4.78 is 12.0. The van der Waals surface area contributed by atoms with Gasteiger partial charge in [0.1, 0.15) is 18.3 Å². The van der Waals surface area contributed by atoms with Crippen LogP contribution >= 0.6 is 0 Å². The lowest BCUT2D eigenvalue weighted by atomic mass is 9.91. The molecule has 3 N–H and O–H groups in total. The first kappa shape index (κ1) is 29.8. The van der Waals surface area contributed by atoms with Gasteiger partial charge < -0.3 is 34.8 Å². The van der Waals surface area contributed by atoms with E-state index in [9.17, 15) is 24.6 Å². The molecule has 12 nitrogen and oxygen atoms in total. The highest BCUT2D eigenvalue weighted by Crippen LogP contribution is 2.28. The Balaban J connectivity index is 1.41. The number of carbonyl (C=O) groups excluding carboxylic acids is 3. The van der Waals surface area contributed by atoms with E-state index in [1.165, 1.54) is 0 Å². The number of pyridine rings is 1. The Hall–Kier alpha value is -2.64. The van der Waals surface area contributed by atoms with Crippen molar-refractivity contribution in [1.82, 2.24) is 25.0 Å². The van der Waals surface area contributed by atoms with E-state index in [-0.39, 0.29) is 55.1 Å². The Bertz CT molecular complexity index is 1100. The molecule has 1 aromatic heterocycles. The molecule has 7 atom stereocenters. The summed E-state index contributed by atoms with van der Waals surface area (Å²) in [7, 11) is 0. The first-order valence-corrected chi connectivity index (χ1v) is 14.6. The van der Waals surface area contributed by atoms with Crippen molar-refractivity contribution in [3.8, 4) is 0 Å². The van der Waals surface area contributed by atoms with E-state index in [2.05, 4.69) is 15.2 Å². The van der Waals surface area contributed by atoms with E-state index in [0.29, 0.717) is 39.2 Å². The van der Waals surface area contributed by atoms with Crippen molar-refractivity contribution in [2.75, 3.05) is 39.3 Å². The SMILES string of the molecule is CC(C)(C)CC(=O)N1C[C@@H]2CN(CCO2)C(=O)[C@@H]2C[C@@H](CN2Cc2ccncc2)NC(=O)C[C@@H]2O[C@H](C1)[C@@H](O)[C@H]2O. The first-order valence-electron chi connectivity index (χ1n) is 14.6. The fourth-order valence-electron chi connectivity index (χ4n) is 6.32. The second-order valence-corrected chi connectivity index (χ2v) is 13.0. The molecule has 5 rings (SSSR count). The second-order valence-electron chi connectivity index (χ2n) is 13.0. The summed E-state index contributed by atoms with van der Waals surface area (Å²) in [6, 6.07) is 3.14. The third-order valence-electron chi connectivity index (χ3n) is 8.35. The van der Waals surface area contributed by atoms with Crippen LogP contribution in [0.1, 0.15) is 45.6 Å². The Morgan fingerprint density at radius 3 is 2.54 bits per heavy atom. The molecule has 3 amide bonds. The van der Waals surface area contributed by atoms with E-state index in [1.807, 2.05) is 37.8 Å². The van der Waals surface area contributed by atoms with E-state index in [4.69, 9.17) is 9.47 Å². The zero-order valence-corrected chi connectivity index (χ0v) is 24.1. The number of aromatic nitrogens is 1.